The number of rotatable bonds is 6. The van der Waals surface area contributed by atoms with Crippen LogP contribution in [0.5, 0.6) is 17.2 Å². The minimum absolute atomic E-state index is 0.0710. The average Bonchev–Trinajstić information content (AvgIpc) is 2.49. The number of benzene rings is 2. The van der Waals surface area contributed by atoms with Gasteiger partial charge in [-0.1, -0.05) is 12.1 Å². The second kappa shape index (κ2) is 6.71. The predicted molar refractivity (Wildman–Crippen MR) is 77.0 cm³/mol. The zero-order chi connectivity index (χ0) is 15.2. The molecular formula is C15H15NO5. The summed E-state index contributed by atoms with van der Waals surface area (Å²) in [7, 11) is 1.48. The lowest BCUT2D eigenvalue weighted by Crippen LogP contribution is -1.95. The van der Waals surface area contributed by atoms with E-state index in [0.29, 0.717) is 17.9 Å². The van der Waals surface area contributed by atoms with Crippen LogP contribution in [0.1, 0.15) is 5.56 Å². The molecule has 0 saturated carbocycles. The van der Waals surface area contributed by atoms with Crippen molar-refractivity contribution in [1.82, 2.24) is 0 Å². The Kier molecular flexibility index (Phi) is 4.73. The van der Waals surface area contributed by atoms with Crippen LogP contribution in [0.25, 0.3) is 0 Å². The molecule has 2 aromatic carbocycles. The normalized spacial score (nSPS) is 10.2. The van der Waals surface area contributed by atoms with Crippen molar-refractivity contribution < 1.29 is 19.5 Å². The lowest BCUT2D eigenvalue weighted by molar-refractivity contribution is -0.385. The summed E-state index contributed by atoms with van der Waals surface area (Å²) in [5.74, 6) is 1.08. The van der Waals surface area contributed by atoms with Crippen molar-refractivity contribution in [2.24, 2.45) is 0 Å². The molecule has 0 aliphatic heterocycles. The summed E-state index contributed by atoms with van der Waals surface area (Å²) >= 11 is 0. The van der Waals surface area contributed by atoms with Gasteiger partial charge < -0.3 is 14.6 Å². The Hall–Kier alpha value is -2.60. The van der Waals surface area contributed by atoms with Gasteiger partial charge in [0.2, 0.25) is 5.75 Å². The van der Waals surface area contributed by atoms with Gasteiger partial charge >= 0.3 is 5.69 Å². The van der Waals surface area contributed by atoms with E-state index in [9.17, 15) is 10.1 Å². The van der Waals surface area contributed by atoms with Crippen molar-refractivity contribution in [3.8, 4) is 17.2 Å². The van der Waals surface area contributed by atoms with Crippen molar-refractivity contribution in [3.63, 3.8) is 0 Å². The minimum Gasteiger partial charge on any atom is -0.497 e. The first kappa shape index (κ1) is 14.8. The summed E-state index contributed by atoms with van der Waals surface area (Å²) in [5, 5.41) is 19.9. The highest BCUT2D eigenvalue weighted by Gasteiger charge is 2.16. The highest BCUT2D eigenvalue weighted by molar-refractivity contribution is 5.52. The molecule has 0 aromatic heterocycles. The fraction of sp³-hybridized carbons (Fsp3) is 0.200. The molecule has 0 heterocycles. The standard InChI is InChI=1S/C15H15NO5/c1-20-13-6-7-14(16(18)19)15(10-13)21-12-4-2-11(3-5-12)8-9-17/h2-7,10,17H,8-9H2,1H3. The molecule has 0 atom stereocenters. The fourth-order valence-corrected chi connectivity index (χ4v) is 1.83. The Balaban J connectivity index is 2.26. The van der Waals surface area contributed by atoms with E-state index in [1.54, 1.807) is 24.3 Å². The molecule has 0 saturated heterocycles. The Morgan fingerprint density at radius 2 is 1.81 bits per heavy atom. The van der Waals surface area contributed by atoms with Crippen LogP contribution in [0.3, 0.4) is 0 Å². The topological polar surface area (TPSA) is 81.8 Å². The van der Waals surface area contributed by atoms with Gasteiger partial charge in [-0.25, -0.2) is 0 Å². The van der Waals surface area contributed by atoms with Crippen molar-refractivity contribution in [1.29, 1.82) is 0 Å². The number of nitro groups is 1. The molecule has 6 heteroatoms. The van der Waals surface area contributed by atoms with Crippen LogP contribution in [-0.2, 0) is 6.42 Å². The Morgan fingerprint density at radius 1 is 1.14 bits per heavy atom. The van der Waals surface area contributed by atoms with E-state index in [0.717, 1.165) is 5.56 Å². The van der Waals surface area contributed by atoms with Gasteiger partial charge in [-0.15, -0.1) is 0 Å². The summed E-state index contributed by atoms with van der Waals surface area (Å²) < 4.78 is 10.6. The first-order chi connectivity index (χ1) is 10.1. The number of hydrogen-bond acceptors (Lipinski definition) is 5. The highest BCUT2D eigenvalue weighted by Crippen LogP contribution is 2.34. The van der Waals surface area contributed by atoms with E-state index >= 15 is 0 Å². The number of nitrogens with zero attached hydrogens (tertiary/aromatic N) is 1. The predicted octanol–water partition coefficient (Wildman–Crippen LogP) is 2.93. The monoisotopic (exact) mass is 289 g/mol. The molecule has 0 aliphatic carbocycles. The van der Waals surface area contributed by atoms with Crippen LogP contribution in [-0.4, -0.2) is 23.7 Å². The van der Waals surface area contributed by atoms with Crippen LogP contribution in [0.2, 0.25) is 0 Å². The van der Waals surface area contributed by atoms with Crippen molar-refractivity contribution in [2.75, 3.05) is 13.7 Å². The maximum atomic E-state index is 11.0. The third-order valence-electron chi connectivity index (χ3n) is 2.92. The van der Waals surface area contributed by atoms with Crippen molar-refractivity contribution in [3.05, 3.63) is 58.1 Å². The van der Waals surface area contributed by atoms with E-state index in [1.807, 2.05) is 0 Å². The van der Waals surface area contributed by atoms with E-state index in [1.165, 1.54) is 25.3 Å². The molecule has 0 unspecified atom stereocenters. The molecule has 0 amide bonds. The number of hydrogen-bond donors (Lipinski definition) is 1. The molecular weight excluding hydrogens is 274 g/mol. The zero-order valence-corrected chi connectivity index (χ0v) is 11.5. The Bertz CT molecular complexity index is 624. The van der Waals surface area contributed by atoms with Crippen LogP contribution in [0.4, 0.5) is 5.69 Å². The lowest BCUT2D eigenvalue weighted by Gasteiger charge is -2.08. The van der Waals surface area contributed by atoms with Gasteiger partial charge in [-0.2, -0.15) is 0 Å². The molecule has 0 fully saturated rings. The summed E-state index contributed by atoms with van der Waals surface area (Å²) in [6.45, 7) is 0.0710. The lowest BCUT2D eigenvalue weighted by atomic mass is 10.1. The zero-order valence-electron chi connectivity index (χ0n) is 11.5. The maximum absolute atomic E-state index is 11.0. The number of ether oxygens (including phenoxy) is 2. The SMILES string of the molecule is COc1ccc([N+](=O)[O-])c(Oc2ccc(CCO)cc2)c1. The van der Waals surface area contributed by atoms with Gasteiger partial charge in [0.05, 0.1) is 12.0 Å². The molecule has 1 N–H and O–H groups in total. The van der Waals surface area contributed by atoms with Gasteiger partial charge in [-0.05, 0) is 30.2 Å². The first-order valence-electron chi connectivity index (χ1n) is 6.34. The molecule has 6 nitrogen and oxygen atoms in total. The van der Waals surface area contributed by atoms with Crippen LogP contribution in [0.15, 0.2) is 42.5 Å². The van der Waals surface area contributed by atoms with Gasteiger partial charge in [0.15, 0.2) is 0 Å². The molecule has 0 aliphatic rings. The largest absolute Gasteiger partial charge is 0.497 e. The number of aliphatic hydroxyl groups excluding tert-OH is 1. The minimum atomic E-state index is -0.505. The molecule has 21 heavy (non-hydrogen) atoms. The van der Waals surface area contributed by atoms with Gasteiger partial charge in [0, 0.05) is 18.7 Å². The second-order valence-corrected chi connectivity index (χ2v) is 4.31. The number of nitro benzene ring substituents is 1. The number of methoxy groups -OCH3 is 1. The molecule has 2 aromatic rings. The average molecular weight is 289 g/mol. The molecule has 0 bridgehead atoms. The smallest absolute Gasteiger partial charge is 0.311 e. The van der Waals surface area contributed by atoms with Gasteiger partial charge in [-0.3, -0.25) is 10.1 Å². The van der Waals surface area contributed by atoms with Crippen molar-refractivity contribution in [2.45, 2.75) is 6.42 Å². The Morgan fingerprint density at radius 3 is 2.38 bits per heavy atom. The first-order valence-corrected chi connectivity index (χ1v) is 6.34. The summed E-state index contributed by atoms with van der Waals surface area (Å²) in [6.07, 6.45) is 0.555. The number of aliphatic hydroxyl groups is 1. The second-order valence-electron chi connectivity index (χ2n) is 4.31. The van der Waals surface area contributed by atoms with E-state index in [2.05, 4.69) is 0 Å². The van der Waals surface area contributed by atoms with E-state index in [4.69, 9.17) is 14.6 Å². The molecule has 0 radical (unpaired) electrons. The fourth-order valence-electron chi connectivity index (χ4n) is 1.83. The van der Waals surface area contributed by atoms with E-state index < -0.39 is 4.92 Å². The van der Waals surface area contributed by atoms with Crippen LogP contribution < -0.4 is 9.47 Å². The third kappa shape index (κ3) is 3.70. The van der Waals surface area contributed by atoms with Crippen molar-refractivity contribution >= 4 is 5.69 Å². The third-order valence-corrected chi connectivity index (χ3v) is 2.92. The highest BCUT2D eigenvalue weighted by atomic mass is 16.6. The van der Waals surface area contributed by atoms with Crippen LogP contribution >= 0.6 is 0 Å². The molecule has 0 spiro atoms. The van der Waals surface area contributed by atoms with E-state index in [-0.39, 0.29) is 18.0 Å². The quantitative estimate of drug-likeness (QED) is 0.653. The molecule has 2 rings (SSSR count). The molecule has 110 valence electrons. The maximum Gasteiger partial charge on any atom is 0.311 e. The van der Waals surface area contributed by atoms with Gasteiger partial charge in [0.25, 0.3) is 0 Å². The summed E-state index contributed by atoms with van der Waals surface area (Å²) in [5.41, 5.74) is 0.834. The Labute approximate surface area is 121 Å². The van der Waals surface area contributed by atoms with Gasteiger partial charge in [0.1, 0.15) is 11.5 Å². The summed E-state index contributed by atoms with van der Waals surface area (Å²) in [4.78, 5) is 10.5. The van der Waals surface area contributed by atoms with Crippen LogP contribution in [0, 0.1) is 10.1 Å². The summed E-state index contributed by atoms with van der Waals surface area (Å²) in [6, 6.07) is 11.3.